The molecule has 2 heterocycles. The Labute approximate surface area is 267 Å². The Hall–Kier alpha value is -4.61. The third-order valence-electron chi connectivity index (χ3n) is 6.63. The summed E-state index contributed by atoms with van der Waals surface area (Å²) in [5.41, 5.74) is 0.921. The van der Waals surface area contributed by atoms with Gasteiger partial charge in [-0.2, -0.15) is 29.9 Å². The van der Waals surface area contributed by atoms with E-state index in [0.29, 0.717) is 0 Å². The molecule has 0 radical (unpaired) electrons. The quantitative estimate of drug-likeness (QED) is 0.121. The van der Waals surface area contributed by atoms with E-state index in [0.717, 1.165) is 32.5 Å². The summed E-state index contributed by atoms with van der Waals surface area (Å²) >= 11 is 23.5. The van der Waals surface area contributed by atoms with Crippen molar-refractivity contribution in [1.82, 2.24) is 29.9 Å². The Morgan fingerprint density at radius 3 is 1.66 bits per heavy atom. The molecule has 0 spiro atoms. The molecule has 10 nitrogen and oxygen atoms in total. The van der Waals surface area contributed by atoms with E-state index in [4.69, 9.17) is 60.6 Å². The zero-order valence-electron chi connectivity index (χ0n) is 22.0. The average molecular weight is 664 g/mol. The maximum absolute atomic E-state index is 13.4. The fourth-order valence-electron chi connectivity index (χ4n) is 4.88. The highest BCUT2D eigenvalue weighted by Crippen LogP contribution is 2.36. The van der Waals surface area contributed by atoms with E-state index in [1.807, 2.05) is 24.3 Å². The molecule has 44 heavy (non-hydrogen) atoms. The van der Waals surface area contributed by atoms with Gasteiger partial charge in [0.05, 0.1) is 5.56 Å². The lowest BCUT2D eigenvalue weighted by molar-refractivity contribution is 0.0473. The molecule has 0 aliphatic heterocycles. The predicted molar refractivity (Wildman–Crippen MR) is 166 cm³/mol. The number of ether oxygens (including phenoxy) is 3. The summed E-state index contributed by atoms with van der Waals surface area (Å²) in [7, 11) is 0. The van der Waals surface area contributed by atoms with Crippen LogP contribution in [0, 0.1) is 0 Å². The molecule has 216 valence electrons. The van der Waals surface area contributed by atoms with Crippen molar-refractivity contribution in [3.8, 4) is 23.5 Å². The number of halogens is 4. The molecule has 2 aromatic heterocycles. The van der Waals surface area contributed by atoms with Crippen LogP contribution >= 0.6 is 46.4 Å². The summed E-state index contributed by atoms with van der Waals surface area (Å²) in [6, 6.07) is 22.3. The Morgan fingerprint density at radius 2 is 1.09 bits per heavy atom. The van der Waals surface area contributed by atoms with Gasteiger partial charge in [0.2, 0.25) is 21.1 Å². The number of carbonyl (C=O) groups is 1. The predicted octanol–water partition coefficient (Wildman–Crippen LogP) is 8.51. The van der Waals surface area contributed by atoms with Gasteiger partial charge in [-0.3, -0.25) is 0 Å². The van der Waals surface area contributed by atoms with Gasteiger partial charge in [-0.15, -0.1) is 0 Å². The van der Waals surface area contributed by atoms with E-state index < -0.39 is 5.97 Å². The third-order valence-corrected chi connectivity index (χ3v) is 7.31. The topological polar surface area (TPSA) is 122 Å². The maximum atomic E-state index is 13.4. The van der Waals surface area contributed by atoms with Crippen molar-refractivity contribution in [3.63, 3.8) is 0 Å². The van der Waals surface area contributed by atoms with Crippen LogP contribution in [-0.2, 0) is 11.3 Å². The number of carbonyl (C=O) groups excluding carboxylic acids is 1. The van der Waals surface area contributed by atoms with Crippen molar-refractivity contribution >= 4 is 84.7 Å². The highest BCUT2D eigenvalue weighted by molar-refractivity contribution is 6.31. The SMILES string of the molecule is O=C(OCc1ccc2ccc3cccc4ccc1c2c34)c1cc(Oc2nc(Cl)nc(Cl)n2)cc(Oc2nc(Cl)nc(Cl)n2)c1. The van der Waals surface area contributed by atoms with Gasteiger partial charge in [-0.05, 0) is 96.4 Å². The molecule has 5 aromatic carbocycles. The van der Waals surface area contributed by atoms with Crippen molar-refractivity contribution in [2.24, 2.45) is 0 Å². The van der Waals surface area contributed by atoms with Gasteiger partial charge >= 0.3 is 18.0 Å². The average Bonchev–Trinajstić information content (AvgIpc) is 2.98. The van der Waals surface area contributed by atoms with Gasteiger partial charge in [-0.1, -0.05) is 54.6 Å². The molecule has 0 atom stereocenters. The zero-order valence-corrected chi connectivity index (χ0v) is 25.0. The zero-order chi connectivity index (χ0) is 30.4. The van der Waals surface area contributed by atoms with Crippen LogP contribution in [0.25, 0.3) is 32.3 Å². The molecule has 0 bridgehead atoms. The smallest absolute Gasteiger partial charge is 0.338 e. The number of esters is 1. The summed E-state index contributed by atoms with van der Waals surface area (Å²) < 4.78 is 17.2. The van der Waals surface area contributed by atoms with Gasteiger partial charge in [0.1, 0.15) is 18.1 Å². The second kappa shape index (κ2) is 11.5. The fourth-order valence-corrected chi connectivity index (χ4v) is 5.57. The monoisotopic (exact) mass is 662 g/mol. The third kappa shape index (κ3) is 5.68. The van der Waals surface area contributed by atoms with Gasteiger partial charge < -0.3 is 14.2 Å². The molecule has 0 saturated heterocycles. The normalized spacial score (nSPS) is 11.4. The maximum Gasteiger partial charge on any atom is 0.338 e. The largest absolute Gasteiger partial charge is 0.457 e. The minimum absolute atomic E-state index is 0.00560. The number of hydrogen-bond acceptors (Lipinski definition) is 10. The van der Waals surface area contributed by atoms with Gasteiger partial charge in [-0.25, -0.2) is 4.79 Å². The summed E-state index contributed by atoms with van der Waals surface area (Å²) in [6.45, 7) is 0.00560. The Morgan fingerprint density at radius 1 is 0.591 bits per heavy atom. The number of aromatic nitrogens is 6. The van der Waals surface area contributed by atoms with Crippen LogP contribution < -0.4 is 9.47 Å². The van der Waals surface area contributed by atoms with Gasteiger partial charge in [0.25, 0.3) is 0 Å². The summed E-state index contributed by atoms with van der Waals surface area (Å²) in [6.07, 6.45) is 0. The van der Waals surface area contributed by atoms with Crippen molar-refractivity contribution in [2.75, 3.05) is 0 Å². The van der Waals surface area contributed by atoms with Crippen molar-refractivity contribution in [2.45, 2.75) is 6.61 Å². The second-order valence-electron chi connectivity index (χ2n) is 9.37. The van der Waals surface area contributed by atoms with Crippen LogP contribution in [0.1, 0.15) is 15.9 Å². The first kappa shape index (κ1) is 28.2. The van der Waals surface area contributed by atoms with E-state index >= 15 is 0 Å². The van der Waals surface area contributed by atoms with Crippen molar-refractivity contribution in [3.05, 3.63) is 105 Å². The lowest BCUT2D eigenvalue weighted by Crippen LogP contribution is -2.07. The molecular weight excluding hydrogens is 650 g/mol. The Kier molecular flexibility index (Phi) is 7.35. The molecule has 0 amide bonds. The van der Waals surface area contributed by atoms with Crippen LogP contribution in [0.3, 0.4) is 0 Å². The molecule has 14 heteroatoms. The molecule has 7 rings (SSSR count). The van der Waals surface area contributed by atoms with E-state index in [9.17, 15) is 4.79 Å². The van der Waals surface area contributed by atoms with Crippen molar-refractivity contribution < 1.29 is 19.0 Å². The van der Waals surface area contributed by atoms with Gasteiger partial charge in [0.15, 0.2) is 0 Å². The van der Waals surface area contributed by atoms with Crippen LogP contribution in [0.15, 0.2) is 72.8 Å². The van der Waals surface area contributed by atoms with E-state index in [1.165, 1.54) is 23.6 Å². The minimum Gasteiger partial charge on any atom is -0.457 e. The lowest BCUT2D eigenvalue weighted by atomic mass is 9.92. The lowest BCUT2D eigenvalue weighted by Gasteiger charge is -2.14. The van der Waals surface area contributed by atoms with Crippen molar-refractivity contribution in [1.29, 1.82) is 0 Å². The Bertz CT molecular complexity index is 2110. The number of rotatable bonds is 7. The van der Waals surface area contributed by atoms with Crippen LogP contribution in [0.5, 0.6) is 23.5 Å². The summed E-state index contributed by atoms with van der Waals surface area (Å²) in [4.78, 5) is 36.4. The molecule has 0 fully saturated rings. The van der Waals surface area contributed by atoms with Crippen LogP contribution in [0.4, 0.5) is 0 Å². The molecule has 7 aromatic rings. The minimum atomic E-state index is -0.663. The highest BCUT2D eigenvalue weighted by atomic mass is 35.5. The molecule has 0 unspecified atom stereocenters. The summed E-state index contributed by atoms with van der Waals surface area (Å²) in [5, 5.41) is 5.91. The number of hydrogen-bond donors (Lipinski definition) is 0. The second-order valence-corrected chi connectivity index (χ2v) is 10.7. The standard InChI is InChI=1S/C30H14Cl4N6O4/c31-25-35-26(32)38-29(37-25)43-19-10-18(11-20(12-19)44-30-39-27(33)36-28(34)40-30)24(41)42-13-17-7-6-16-5-4-14-2-1-3-15-8-9-21(17)23(16)22(14)15/h1-12H,13H2. The molecular formula is C30H14Cl4N6O4. The van der Waals surface area contributed by atoms with Gasteiger partial charge in [0, 0.05) is 6.07 Å². The molecule has 0 N–H and O–H groups in total. The first-order chi connectivity index (χ1) is 21.3. The van der Waals surface area contributed by atoms with Crippen LogP contribution in [-0.4, -0.2) is 35.9 Å². The number of benzene rings is 5. The first-order valence-corrected chi connectivity index (χ1v) is 14.3. The fraction of sp³-hybridized carbons (Fsp3) is 0.0333. The molecule has 0 aliphatic carbocycles. The van der Waals surface area contributed by atoms with E-state index in [1.54, 1.807) is 0 Å². The van der Waals surface area contributed by atoms with E-state index in [-0.39, 0.29) is 56.8 Å². The summed E-state index contributed by atoms with van der Waals surface area (Å²) in [5.74, 6) is -0.493. The van der Waals surface area contributed by atoms with Crippen LogP contribution in [0.2, 0.25) is 21.1 Å². The van der Waals surface area contributed by atoms with E-state index in [2.05, 4.69) is 60.2 Å². The highest BCUT2D eigenvalue weighted by Gasteiger charge is 2.17. The number of nitrogens with zero attached hydrogens (tertiary/aromatic N) is 6. The Balaban J connectivity index is 1.21. The first-order valence-electron chi connectivity index (χ1n) is 12.8. The molecule has 0 aliphatic rings. The molecule has 0 saturated carbocycles.